The molecule has 1 N–H and O–H groups in total. The zero-order valence-corrected chi connectivity index (χ0v) is 12.0. The van der Waals surface area contributed by atoms with Crippen LogP contribution in [0.5, 0.6) is 0 Å². The second-order valence-electron chi connectivity index (χ2n) is 5.55. The Morgan fingerprint density at radius 3 is 2.68 bits per heavy atom. The maximum absolute atomic E-state index is 5.40. The molecule has 1 aromatic carbocycles. The summed E-state index contributed by atoms with van der Waals surface area (Å²) in [5, 5.41) is 7.35. The van der Waals surface area contributed by atoms with E-state index < -0.39 is 0 Å². The molecule has 1 aromatic heterocycles. The molecule has 4 heteroatoms. The van der Waals surface area contributed by atoms with Crippen LogP contribution in [0.4, 0.5) is 0 Å². The smallest absolute Gasteiger partial charge is 0.195 e. The molecular weight excluding hydrogens is 254 g/mol. The number of aromatic nitrogens is 3. The van der Waals surface area contributed by atoms with Gasteiger partial charge in [-0.3, -0.25) is 9.67 Å². The summed E-state index contributed by atoms with van der Waals surface area (Å²) in [6.07, 6.45) is 5.17. The molecule has 0 amide bonds. The Kier molecular flexibility index (Phi) is 3.27. The number of H-pyrrole nitrogens is 1. The van der Waals surface area contributed by atoms with Crippen molar-refractivity contribution in [1.82, 2.24) is 14.8 Å². The van der Waals surface area contributed by atoms with Crippen LogP contribution in [0.2, 0.25) is 0 Å². The standard InChI is InChI=1S/C15H19N3S/c1-2-8-15(9-10-15)11-18-13(16-17-14(18)19)12-6-4-3-5-7-12/h3-7H,2,8-11H2,1H3,(H,17,19). The van der Waals surface area contributed by atoms with Crippen LogP contribution in [-0.2, 0) is 6.54 Å². The molecule has 1 saturated carbocycles. The van der Waals surface area contributed by atoms with Gasteiger partial charge in [-0.25, -0.2) is 0 Å². The Hall–Kier alpha value is -1.42. The molecule has 1 aliphatic carbocycles. The largest absolute Gasteiger partial charge is 0.300 e. The summed E-state index contributed by atoms with van der Waals surface area (Å²) in [4.78, 5) is 0. The zero-order valence-electron chi connectivity index (χ0n) is 11.2. The molecule has 0 aliphatic heterocycles. The van der Waals surface area contributed by atoms with Gasteiger partial charge in [0.1, 0.15) is 0 Å². The second kappa shape index (κ2) is 4.93. The molecule has 1 fully saturated rings. The number of rotatable bonds is 5. The number of aromatic amines is 1. The lowest BCUT2D eigenvalue weighted by Crippen LogP contribution is -2.12. The van der Waals surface area contributed by atoms with Gasteiger partial charge in [0.05, 0.1) is 0 Å². The normalized spacial score (nSPS) is 16.5. The number of nitrogens with zero attached hydrogens (tertiary/aromatic N) is 2. The van der Waals surface area contributed by atoms with Crippen LogP contribution in [0.15, 0.2) is 30.3 Å². The molecule has 0 atom stereocenters. The first-order valence-electron chi connectivity index (χ1n) is 6.95. The topological polar surface area (TPSA) is 33.6 Å². The van der Waals surface area contributed by atoms with Gasteiger partial charge < -0.3 is 0 Å². The molecule has 0 radical (unpaired) electrons. The van der Waals surface area contributed by atoms with Crippen molar-refractivity contribution in [1.29, 1.82) is 0 Å². The predicted octanol–water partition coefficient (Wildman–Crippen LogP) is 4.19. The van der Waals surface area contributed by atoms with Crippen molar-refractivity contribution < 1.29 is 0 Å². The van der Waals surface area contributed by atoms with Gasteiger partial charge in [-0.2, -0.15) is 5.10 Å². The SMILES string of the molecule is CCCC1(Cn2c(-c3ccccc3)n[nH]c2=S)CC1. The van der Waals surface area contributed by atoms with Crippen LogP contribution in [-0.4, -0.2) is 14.8 Å². The molecular formula is C15H19N3S. The molecule has 3 rings (SSSR count). The minimum Gasteiger partial charge on any atom is -0.300 e. The van der Waals surface area contributed by atoms with E-state index in [-0.39, 0.29) is 0 Å². The Morgan fingerprint density at radius 1 is 1.32 bits per heavy atom. The fourth-order valence-electron chi connectivity index (χ4n) is 2.80. The summed E-state index contributed by atoms with van der Waals surface area (Å²) in [5.74, 6) is 0.966. The Labute approximate surface area is 118 Å². The van der Waals surface area contributed by atoms with E-state index in [1.807, 2.05) is 18.2 Å². The van der Waals surface area contributed by atoms with E-state index in [0.717, 1.165) is 22.7 Å². The molecule has 19 heavy (non-hydrogen) atoms. The number of hydrogen-bond donors (Lipinski definition) is 1. The number of benzene rings is 1. The first kappa shape index (κ1) is 12.6. The van der Waals surface area contributed by atoms with Gasteiger partial charge in [-0.1, -0.05) is 43.7 Å². The summed E-state index contributed by atoms with van der Waals surface area (Å²) < 4.78 is 2.91. The van der Waals surface area contributed by atoms with Gasteiger partial charge in [-0.05, 0) is 36.9 Å². The molecule has 3 nitrogen and oxygen atoms in total. The highest BCUT2D eigenvalue weighted by Gasteiger charge is 2.42. The first-order valence-corrected chi connectivity index (χ1v) is 7.36. The average molecular weight is 273 g/mol. The van der Waals surface area contributed by atoms with Crippen molar-refractivity contribution in [3.05, 3.63) is 35.1 Å². The maximum atomic E-state index is 5.40. The molecule has 1 aliphatic rings. The Balaban J connectivity index is 1.94. The van der Waals surface area contributed by atoms with Crippen LogP contribution in [0.1, 0.15) is 32.6 Å². The fourth-order valence-corrected chi connectivity index (χ4v) is 3.00. The number of nitrogens with one attached hydrogen (secondary N) is 1. The molecule has 0 spiro atoms. The summed E-state index contributed by atoms with van der Waals surface area (Å²) >= 11 is 5.40. The lowest BCUT2D eigenvalue weighted by atomic mass is 10.0. The summed E-state index contributed by atoms with van der Waals surface area (Å²) in [6.45, 7) is 3.26. The average Bonchev–Trinajstić information content (AvgIpc) is 3.09. The highest BCUT2D eigenvalue weighted by molar-refractivity contribution is 7.71. The summed E-state index contributed by atoms with van der Waals surface area (Å²) in [6, 6.07) is 10.3. The monoisotopic (exact) mass is 273 g/mol. The van der Waals surface area contributed by atoms with E-state index in [1.54, 1.807) is 0 Å². The van der Waals surface area contributed by atoms with Crippen LogP contribution in [0.25, 0.3) is 11.4 Å². The molecule has 0 unspecified atom stereocenters. The number of hydrogen-bond acceptors (Lipinski definition) is 2. The van der Waals surface area contributed by atoms with E-state index in [9.17, 15) is 0 Å². The maximum Gasteiger partial charge on any atom is 0.195 e. The van der Waals surface area contributed by atoms with Crippen LogP contribution in [0.3, 0.4) is 0 Å². The fraction of sp³-hybridized carbons (Fsp3) is 0.467. The van der Waals surface area contributed by atoms with Gasteiger partial charge in [0.2, 0.25) is 0 Å². The minimum atomic E-state index is 0.473. The summed E-state index contributed by atoms with van der Waals surface area (Å²) in [5.41, 5.74) is 1.60. The second-order valence-corrected chi connectivity index (χ2v) is 5.94. The molecule has 100 valence electrons. The van der Waals surface area contributed by atoms with Gasteiger partial charge in [0.15, 0.2) is 10.6 Å². The molecule has 1 heterocycles. The van der Waals surface area contributed by atoms with E-state index in [1.165, 1.54) is 25.7 Å². The van der Waals surface area contributed by atoms with Crippen molar-refractivity contribution in [3.8, 4) is 11.4 Å². The van der Waals surface area contributed by atoms with Gasteiger partial charge in [0, 0.05) is 12.1 Å². The van der Waals surface area contributed by atoms with E-state index in [0.29, 0.717) is 5.41 Å². The molecule has 0 saturated heterocycles. The van der Waals surface area contributed by atoms with Gasteiger partial charge in [-0.15, -0.1) is 0 Å². The van der Waals surface area contributed by atoms with E-state index >= 15 is 0 Å². The molecule has 2 aromatic rings. The molecule has 0 bridgehead atoms. The van der Waals surface area contributed by atoms with E-state index in [2.05, 4.69) is 33.8 Å². The van der Waals surface area contributed by atoms with Crippen molar-refractivity contribution in [2.75, 3.05) is 0 Å². The van der Waals surface area contributed by atoms with Crippen molar-refractivity contribution >= 4 is 12.2 Å². The highest BCUT2D eigenvalue weighted by Crippen LogP contribution is 2.51. The lowest BCUT2D eigenvalue weighted by molar-refractivity contribution is 0.387. The van der Waals surface area contributed by atoms with Gasteiger partial charge in [0.25, 0.3) is 0 Å². The lowest BCUT2D eigenvalue weighted by Gasteiger charge is -2.16. The Bertz CT molecular complexity index is 608. The van der Waals surface area contributed by atoms with Gasteiger partial charge >= 0.3 is 0 Å². The van der Waals surface area contributed by atoms with Crippen LogP contribution >= 0.6 is 12.2 Å². The first-order chi connectivity index (χ1) is 9.24. The van der Waals surface area contributed by atoms with Crippen molar-refractivity contribution in [2.24, 2.45) is 5.41 Å². The van der Waals surface area contributed by atoms with Crippen LogP contribution < -0.4 is 0 Å². The zero-order chi connectivity index (χ0) is 13.3. The van der Waals surface area contributed by atoms with E-state index in [4.69, 9.17) is 12.2 Å². The van der Waals surface area contributed by atoms with Crippen LogP contribution in [0, 0.1) is 10.2 Å². The summed E-state index contributed by atoms with van der Waals surface area (Å²) in [7, 11) is 0. The minimum absolute atomic E-state index is 0.473. The highest BCUT2D eigenvalue weighted by atomic mass is 32.1. The third kappa shape index (κ3) is 2.50. The quantitative estimate of drug-likeness (QED) is 0.829. The predicted molar refractivity (Wildman–Crippen MR) is 79.4 cm³/mol. The van der Waals surface area contributed by atoms with Crippen molar-refractivity contribution in [3.63, 3.8) is 0 Å². The third-order valence-corrected chi connectivity index (χ3v) is 4.33. The Morgan fingerprint density at radius 2 is 2.05 bits per heavy atom. The third-order valence-electron chi connectivity index (χ3n) is 4.02. The van der Waals surface area contributed by atoms with Crippen molar-refractivity contribution in [2.45, 2.75) is 39.2 Å².